The van der Waals surface area contributed by atoms with Gasteiger partial charge in [0.05, 0.1) is 13.7 Å². The molecular formula is C18H22N2O4S. The molecule has 1 unspecified atom stereocenters. The SMILES string of the molecule is COc1ccc(C)cc1S(=O)(=O)N1CCC(Oc2ccc(C)cn2)C1. The van der Waals surface area contributed by atoms with Gasteiger partial charge in [0.15, 0.2) is 0 Å². The Balaban J connectivity index is 1.76. The van der Waals surface area contributed by atoms with E-state index in [1.165, 1.54) is 11.4 Å². The van der Waals surface area contributed by atoms with Gasteiger partial charge in [0.2, 0.25) is 15.9 Å². The van der Waals surface area contributed by atoms with Crippen LogP contribution in [0.25, 0.3) is 0 Å². The van der Waals surface area contributed by atoms with Crippen LogP contribution in [0.2, 0.25) is 0 Å². The molecule has 25 heavy (non-hydrogen) atoms. The monoisotopic (exact) mass is 362 g/mol. The highest BCUT2D eigenvalue weighted by Crippen LogP contribution is 2.30. The van der Waals surface area contributed by atoms with Crippen LogP contribution in [-0.2, 0) is 10.0 Å². The van der Waals surface area contributed by atoms with Crippen LogP contribution in [-0.4, -0.2) is 44.0 Å². The number of sulfonamides is 1. The van der Waals surface area contributed by atoms with Crippen molar-refractivity contribution in [1.82, 2.24) is 9.29 Å². The molecule has 134 valence electrons. The first-order chi connectivity index (χ1) is 11.9. The third-order valence-electron chi connectivity index (χ3n) is 4.22. The summed E-state index contributed by atoms with van der Waals surface area (Å²) >= 11 is 0. The van der Waals surface area contributed by atoms with E-state index in [4.69, 9.17) is 9.47 Å². The largest absolute Gasteiger partial charge is 0.495 e. The maximum absolute atomic E-state index is 13.0. The van der Waals surface area contributed by atoms with Gasteiger partial charge in [-0.3, -0.25) is 0 Å². The quantitative estimate of drug-likeness (QED) is 0.818. The molecule has 0 bridgehead atoms. The van der Waals surface area contributed by atoms with Crippen LogP contribution in [0.3, 0.4) is 0 Å². The Morgan fingerprint density at radius 2 is 1.92 bits per heavy atom. The molecule has 1 atom stereocenters. The molecule has 2 aromatic rings. The Labute approximate surface area is 148 Å². The lowest BCUT2D eigenvalue weighted by molar-refractivity contribution is 0.207. The highest BCUT2D eigenvalue weighted by molar-refractivity contribution is 7.89. The molecule has 1 fully saturated rings. The van der Waals surface area contributed by atoms with Crippen molar-refractivity contribution in [2.24, 2.45) is 0 Å². The molecule has 1 aliphatic rings. The van der Waals surface area contributed by atoms with Gasteiger partial charge in [-0.15, -0.1) is 0 Å². The number of ether oxygens (including phenoxy) is 2. The van der Waals surface area contributed by atoms with Crippen LogP contribution in [0, 0.1) is 13.8 Å². The summed E-state index contributed by atoms with van der Waals surface area (Å²) in [5.41, 5.74) is 1.92. The van der Waals surface area contributed by atoms with E-state index in [1.807, 2.05) is 26.0 Å². The molecule has 7 heteroatoms. The second kappa shape index (κ2) is 7.01. The highest BCUT2D eigenvalue weighted by Gasteiger charge is 2.35. The van der Waals surface area contributed by atoms with Gasteiger partial charge in [-0.1, -0.05) is 12.1 Å². The molecule has 1 saturated heterocycles. The van der Waals surface area contributed by atoms with Crippen LogP contribution in [0.5, 0.6) is 11.6 Å². The zero-order chi connectivity index (χ0) is 18.0. The summed E-state index contributed by atoms with van der Waals surface area (Å²) in [7, 11) is -2.15. The van der Waals surface area contributed by atoms with Crippen LogP contribution >= 0.6 is 0 Å². The summed E-state index contributed by atoms with van der Waals surface area (Å²) in [5, 5.41) is 0. The molecule has 0 N–H and O–H groups in total. The van der Waals surface area contributed by atoms with E-state index in [0.29, 0.717) is 31.1 Å². The first-order valence-electron chi connectivity index (χ1n) is 8.14. The Kier molecular flexibility index (Phi) is 4.96. The number of pyridine rings is 1. The lowest BCUT2D eigenvalue weighted by Crippen LogP contribution is -2.31. The van der Waals surface area contributed by atoms with Crippen molar-refractivity contribution in [2.45, 2.75) is 31.3 Å². The lowest BCUT2D eigenvalue weighted by Gasteiger charge is -2.19. The van der Waals surface area contributed by atoms with Crippen molar-refractivity contribution in [3.63, 3.8) is 0 Å². The summed E-state index contributed by atoms with van der Waals surface area (Å²) in [5.74, 6) is 0.873. The fourth-order valence-corrected chi connectivity index (χ4v) is 4.56. The van der Waals surface area contributed by atoms with E-state index in [-0.39, 0.29) is 11.0 Å². The maximum Gasteiger partial charge on any atom is 0.246 e. The van der Waals surface area contributed by atoms with Crippen LogP contribution in [0.4, 0.5) is 0 Å². The average Bonchev–Trinajstić information content (AvgIpc) is 3.06. The molecule has 1 aromatic heterocycles. The summed E-state index contributed by atoms with van der Waals surface area (Å²) in [4.78, 5) is 4.41. The van der Waals surface area contributed by atoms with Crippen LogP contribution in [0.15, 0.2) is 41.4 Å². The number of hydrogen-bond donors (Lipinski definition) is 0. The molecular weight excluding hydrogens is 340 g/mol. The molecule has 0 radical (unpaired) electrons. The Bertz CT molecular complexity index is 850. The van der Waals surface area contributed by atoms with E-state index in [0.717, 1.165) is 11.1 Å². The first kappa shape index (κ1) is 17.7. The minimum absolute atomic E-state index is 0.198. The van der Waals surface area contributed by atoms with E-state index >= 15 is 0 Å². The molecule has 0 amide bonds. The number of benzene rings is 1. The highest BCUT2D eigenvalue weighted by atomic mass is 32.2. The number of hydrogen-bond acceptors (Lipinski definition) is 5. The van der Waals surface area contributed by atoms with Crippen LogP contribution in [0.1, 0.15) is 17.5 Å². The molecule has 1 aliphatic heterocycles. The molecule has 2 heterocycles. The van der Waals surface area contributed by atoms with Gasteiger partial charge < -0.3 is 9.47 Å². The van der Waals surface area contributed by atoms with E-state index < -0.39 is 10.0 Å². The van der Waals surface area contributed by atoms with Crippen molar-refractivity contribution in [1.29, 1.82) is 0 Å². The Hall–Kier alpha value is -2.12. The van der Waals surface area contributed by atoms with Crippen molar-refractivity contribution >= 4 is 10.0 Å². The fraction of sp³-hybridized carbons (Fsp3) is 0.389. The number of rotatable bonds is 5. The third-order valence-corrected chi connectivity index (χ3v) is 6.10. The molecule has 1 aromatic carbocycles. The van der Waals surface area contributed by atoms with Crippen LogP contribution < -0.4 is 9.47 Å². The normalized spacial score (nSPS) is 18.3. The molecule has 0 aliphatic carbocycles. The third kappa shape index (κ3) is 3.77. The van der Waals surface area contributed by atoms with Gasteiger partial charge in [-0.25, -0.2) is 13.4 Å². The number of methoxy groups -OCH3 is 1. The summed E-state index contributed by atoms with van der Waals surface area (Å²) in [6.45, 7) is 4.53. The van der Waals surface area contributed by atoms with Gasteiger partial charge in [0.25, 0.3) is 0 Å². The summed E-state index contributed by atoms with van der Waals surface area (Å²) in [6, 6.07) is 8.88. The van der Waals surface area contributed by atoms with Crippen molar-refractivity contribution in [3.8, 4) is 11.6 Å². The van der Waals surface area contributed by atoms with E-state index in [1.54, 1.807) is 24.4 Å². The van der Waals surface area contributed by atoms with Gasteiger partial charge in [0, 0.05) is 18.8 Å². The average molecular weight is 362 g/mol. The van der Waals surface area contributed by atoms with Gasteiger partial charge >= 0.3 is 0 Å². The van der Waals surface area contributed by atoms with Crippen molar-refractivity contribution in [2.75, 3.05) is 20.2 Å². The predicted molar refractivity (Wildman–Crippen MR) is 94.5 cm³/mol. The second-order valence-corrected chi connectivity index (χ2v) is 8.13. The minimum Gasteiger partial charge on any atom is -0.495 e. The molecule has 6 nitrogen and oxygen atoms in total. The number of aryl methyl sites for hydroxylation is 2. The van der Waals surface area contributed by atoms with E-state index in [2.05, 4.69) is 4.98 Å². The first-order valence-corrected chi connectivity index (χ1v) is 9.58. The zero-order valence-corrected chi connectivity index (χ0v) is 15.4. The van der Waals surface area contributed by atoms with Crippen molar-refractivity contribution < 1.29 is 17.9 Å². The number of aromatic nitrogens is 1. The van der Waals surface area contributed by atoms with Gasteiger partial charge in [-0.2, -0.15) is 4.31 Å². The minimum atomic E-state index is -3.63. The zero-order valence-electron chi connectivity index (χ0n) is 14.6. The van der Waals surface area contributed by atoms with Crippen molar-refractivity contribution in [3.05, 3.63) is 47.7 Å². The summed E-state index contributed by atoms with van der Waals surface area (Å²) in [6.07, 6.45) is 2.15. The molecule has 0 saturated carbocycles. The van der Waals surface area contributed by atoms with E-state index in [9.17, 15) is 8.42 Å². The molecule has 3 rings (SSSR count). The predicted octanol–water partition coefficient (Wildman–Crippen LogP) is 2.55. The Morgan fingerprint density at radius 1 is 1.16 bits per heavy atom. The standard InChI is InChI=1S/C18H22N2O4S/c1-13-4-6-16(23-3)17(10-13)25(21,22)20-9-8-15(12-20)24-18-7-5-14(2)11-19-18/h4-7,10-11,15H,8-9,12H2,1-3H3. The molecule has 0 spiro atoms. The number of nitrogens with zero attached hydrogens (tertiary/aromatic N) is 2. The summed E-state index contributed by atoms with van der Waals surface area (Å²) < 4.78 is 38.5. The maximum atomic E-state index is 13.0. The lowest BCUT2D eigenvalue weighted by atomic mass is 10.2. The second-order valence-electron chi connectivity index (χ2n) is 6.22. The van der Waals surface area contributed by atoms with Gasteiger partial charge in [0.1, 0.15) is 16.7 Å². The topological polar surface area (TPSA) is 68.7 Å². The van der Waals surface area contributed by atoms with Gasteiger partial charge in [-0.05, 0) is 43.5 Å². The Morgan fingerprint density at radius 3 is 2.60 bits per heavy atom. The smallest absolute Gasteiger partial charge is 0.246 e. The fourth-order valence-electron chi connectivity index (χ4n) is 2.83.